The second kappa shape index (κ2) is 9.70. The molecule has 0 heterocycles. The van der Waals surface area contributed by atoms with Crippen LogP contribution in [0.2, 0.25) is 0 Å². The third-order valence-electron chi connectivity index (χ3n) is 3.86. The molecule has 2 rings (SSSR count). The summed E-state index contributed by atoms with van der Waals surface area (Å²) in [5.74, 6) is 1.28. The molecule has 0 unspecified atom stereocenters. The number of aromatic hydroxyl groups is 1. The topological polar surface area (TPSA) is 59.0 Å². The maximum absolute atomic E-state index is 12.8. The standard InChI is InChI=1S/C21H27NO4/c1-4-12-25-19-11-10-16(14-20(19)26-13-5-2)21(24)22(3)15-17-8-6-7-9-18(17)23/h6-11,14,23H,4-5,12-13,15H2,1-3H3. The van der Waals surface area contributed by atoms with Gasteiger partial charge in [-0.3, -0.25) is 4.79 Å². The van der Waals surface area contributed by atoms with Crippen LogP contribution in [0.5, 0.6) is 17.2 Å². The molecular weight excluding hydrogens is 330 g/mol. The summed E-state index contributed by atoms with van der Waals surface area (Å²) in [4.78, 5) is 14.3. The van der Waals surface area contributed by atoms with E-state index in [-0.39, 0.29) is 11.7 Å². The lowest BCUT2D eigenvalue weighted by molar-refractivity contribution is 0.0783. The zero-order chi connectivity index (χ0) is 18.9. The van der Waals surface area contributed by atoms with Crippen LogP contribution in [0.15, 0.2) is 42.5 Å². The fourth-order valence-electron chi connectivity index (χ4n) is 2.49. The SMILES string of the molecule is CCCOc1ccc(C(=O)N(C)Cc2ccccc2O)cc1OCCC. The van der Waals surface area contributed by atoms with E-state index in [4.69, 9.17) is 9.47 Å². The van der Waals surface area contributed by atoms with Gasteiger partial charge >= 0.3 is 0 Å². The van der Waals surface area contributed by atoms with Gasteiger partial charge in [-0.1, -0.05) is 32.0 Å². The average molecular weight is 357 g/mol. The first-order chi connectivity index (χ1) is 12.6. The van der Waals surface area contributed by atoms with Crippen LogP contribution in [0.3, 0.4) is 0 Å². The van der Waals surface area contributed by atoms with Crippen molar-refractivity contribution in [3.8, 4) is 17.2 Å². The molecule has 26 heavy (non-hydrogen) atoms. The number of nitrogens with zero attached hydrogens (tertiary/aromatic N) is 1. The van der Waals surface area contributed by atoms with Crippen molar-refractivity contribution >= 4 is 5.91 Å². The summed E-state index contributed by atoms with van der Waals surface area (Å²) in [6.07, 6.45) is 1.77. The minimum absolute atomic E-state index is 0.142. The predicted octanol–water partition coefficient (Wildman–Crippen LogP) is 4.24. The Hall–Kier alpha value is -2.69. The van der Waals surface area contributed by atoms with Crippen molar-refractivity contribution in [2.24, 2.45) is 0 Å². The number of benzene rings is 2. The van der Waals surface area contributed by atoms with Gasteiger partial charge in [0.2, 0.25) is 0 Å². The van der Waals surface area contributed by atoms with E-state index in [1.54, 1.807) is 48.3 Å². The molecule has 0 radical (unpaired) electrons. The number of ether oxygens (including phenoxy) is 2. The Morgan fingerprint density at radius 2 is 1.65 bits per heavy atom. The van der Waals surface area contributed by atoms with Crippen LogP contribution in [0.4, 0.5) is 0 Å². The van der Waals surface area contributed by atoms with Crippen molar-refractivity contribution in [1.82, 2.24) is 4.90 Å². The Balaban J connectivity index is 2.17. The number of para-hydroxylation sites is 1. The molecule has 0 spiro atoms. The molecule has 0 saturated carbocycles. The molecule has 2 aromatic rings. The minimum atomic E-state index is -0.142. The minimum Gasteiger partial charge on any atom is -0.508 e. The van der Waals surface area contributed by atoms with Gasteiger partial charge in [0, 0.05) is 24.7 Å². The smallest absolute Gasteiger partial charge is 0.254 e. The lowest BCUT2D eigenvalue weighted by Crippen LogP contribution is -2.26. The van der Waals surface area contributed by atoms with Gasteiger partial charge in [0.15, 0.2) is 11.5 Å². The maximum Gasteiger partial charge on any atom is 0.254 e. The number of carbonyl (C=O) groups excluding carboxylic acids is 1. The normalized spacial score (nSPS) is 10.4. The first-order valence-corrected chi connectivity index (χ1v) is 8.98. The van der Waals surface area contributed by atoms with Gasteiger partial charge in [0.25, 0.3) is 5.91 Å². The van der Waals surface area contributed by atoms with E-state index in [1.165, 1.54) is 0 Å². The van der Waals surface area contributed by atoms with E-state index >= 15 is 0 Å². The van der Waals surface area contributed by atoms with Crippen LogP contribution >= 0.6 is 0 Å². The molecule has 5 nitrogen and oxygen atoms in total. The number of hydrogen-bond donors (Lipinski definition) is 1. The van der Waals surface area contributed by atoms with Crippen molar-refractivity contribution in [2.75, 3.05) is 20.3 Å². The molecule has 0 aliphatic rings. The molecule has 5 heteroatoms. The summed E-state index contributed by atoms with van der Waals surface area (Å²) in [6, 6.07) is 12.3. The van der Waals surface area contributed by atoms with Gasteiger partial charge < -0.3 is 19.5 Å². The predicted molar refractivity (Wildman–Crippen MR) is 102 cm³/mol. The largest absolute Gasteiger partial charge is 0.508 e. The zero-order valence-corrected chi connectivity index (χ0v) is 15.7. The fraction of sp³-hybridized carbons (Fsp3) is 0.381. The van der Waals surface area contributed by atoms with Crippen molar-refractivity contribution < 1.29 is 19.4 Å². The van der Waals surface area contributed by atoms with E-state index in [0.717, 1.165) is 12.8 Å². The summed E-state index contributed by atoms with van der Waals surface area (Å²) >= 11 is 0. The molecule has 0 saturated heterocycles. The van der Waals surface area contributed by atoms with E-state index in [9.17, 15) is 9.90 Å². The molecule has 0 fully saturated rings. The molecule has 140 valence electrons. The van der Waals surface area contributed by atoms with Gasteiger partial charge in [-0.2, -0.15) is 0 Å². The number of phenols is 1. The summed E-state index contributed by atoms with van der Waals surface area (Å²) in [5, 5.41) is 9.90. The van der Waals surface area contributed by atoms with Crippen molar-refractivity contribution in [3.05, 3.63) is 53.6 Å². The molecule has 1 amide bonds. The second-order valence-corrected chi connectivity index (χ2v) is 6.15. The first-order valence-electron chi connectivity index (χ1n) is 8.98. The van der Waals surface area contributed by atoms with Crippen molar-refractivity contribution in [3.63, 3.8) is 0 Å². The monoisotopic (exact) mass is 357 g/mol. The van der Waals surface area contributed by atoms with Gasteiger partial charge in [0.1, 0.15) is 5.75 Å². The Kier molecular flexibility index (Phi) is 7.33. The van der Waals surface area contributed by atoms with E-state index < -0.39 is 0 Å². The highest BCUT2D eigenvalue weighted by Crippen LogP contribution is 2.29. The van der Waals surface area contributed by atoms with Gasteiger partial charge in [-0.05, 0) is 37.1 Å². The molecule has 0 aromatic heterocycles. The van der Waals surface area contributed by atoms with Crippen molar-refractivity contribution in [2.45, 2.75) is 33.2 Å². The summed E-state index contributed by atoms with van der Waals surface area (Å²) < 4.78 is 11.5. The Morgan fingerprint density at radius 1 is 1.00 bits per heavy atom. The molecule has 1 N–H and O–H groups in total. The lowest BCUT2D eigenvalue weighted by Gasteiger charge is -2.19. The highest BCUT2D eigenvalue weighted by atomic mass is 16.5. The molecule has 2 aromatic carbocycles. The highest BCUT2D eigenvalue weighted by Gasteiger charge is 2.16. The van der Waals surface area contributed by atoms with Crippen LogP contribution < -0.4 is 9.47 Å². The molecular formula is C21H27NO4. The highest BCUT2D eigenvalue weighted by molar-refractivity contribution is 5.94. The zero-order valence-electron chi connectivity index (χ0n) is 15.7. The van der Waals surface area contributed by atoms with E-state index in [1.807, 2.05) is 19.9 Å². The summed E-state index contributed by atoms with van der Waals surface area (Å²) in [5.41, 5.74) is 1.23. The third kappa shape index (κ3) is 5.15. The first kappa shape index (κ1) is 19.6. The van der Waals surface area contributed by atoms with Crippen LogP contribution in [-0.4, -0.2) is 36.2 Å². The maximum atomic E-state index is 12.8. The second-order valence-electron chi connectivity index (χ2n) is 6.15. The average Bonchev–Trinajstić information content (AvgIpc) is 2.66. The Bertz CT molecular complexity index is 730. The molecule has 0 bridgehead atoms. The van der Waals surface area contributed by atoms with E-state index in [0.29, 0.717) is 42.4 Å². The number of phenolic OH excluding ortho intramolecular Hbond substituents is 1. The lowest BCUT2D eigenvalue weighted by atomic mass is 10.1. The van der Waals surface area contributed by atoms with Gasteiger partial charge in [-0.25, -0.2) is 0 Å². The molecule has 0 atom stereocenters. The molecule has 0 aliphatic heterocycles. The number of carbonyl (C=O) groups is 1. The molecule has 0 aliphatic carbocycles. The fourth-order valence-corrected chi connectivity index (χ4v) is 2.49. The van der Waals surface area contributed by atoms with Gasteiger partial charge in [0.05, 0.1) is 13.2 Å². The van der Waals surface area contributed by atoms with Crippen molar-refractivity contribution in [1.29, 1.82) is 0 Å². The number of rotatable bonds is 9. The Morgan fingerprint density at radius 3 is 2.31 bits per heavy atom. The van der Waals surface area contributed by atoms with Crippen LogP contribution in [-0.2, 0) is 6.54 Å². The number of amides is 1. The van der Waals surface area contributed by atoms with Crippen LogP contribution in [0.25, 0.3) is 0 Å². The van der Waals surface area contributed by atoms with Crippen LogP contribution in [0, 0.1) is 0 Å². The quantitative estimate of drug-likeness (QED) is 0.729. The summed E-state index contributed by atoms with van der Waals surface area (Å²) in [7, 11) is 1.71. The third-order valence-corrected chi connectivity index (χ3v) is 3.86. The van der Waals surface area contributed by atoms with E-state index in [2.05, 4.69) is 0 Å². The van der Waals surface area contributed by atoms with Gasteiger partial charge in [-0.15, -0.1) is 0 Å². The summed E-state index contributed by atoms with van der Waals surface area (Å²) in [6.45, 7) is 5.56. The Labute approximate surface area is 155 Å². The van der Waals surface area contributed by atoms with Crippen LogP contribution in [0.1, 0.15) is 42.6 Å². The number of hydrogen-bond acceptors (Lipinski definition) is 4.